The van der Waals surface area contributed by atoms with Crippen LogP contribution in [0.25, 0.3) is 10.9 Å². The number of rotatable bonds is 2. The van der Waals surface area contributed by atoms with Crippen LogP contribution in [-0.2, 0) is 0 Å². The van der Waals surface area contributed by atoms with Gasteiger partial charge in [0.2, 0.25) is 0 Å². The second-order valence-corrected chi connectivity index (χ2v) is 7.22. The Morgan fingerprint density at radius 1 is 1.24 bits per heavy atom. The van der Waals surface area contributed by atoms with E-state index in [2.05, 4.69) is 26.2 Å². The Bertz CT molecular complexity index is 822. The van der Waals surface area contributed by atoms with E-state index >= 15 is 0 Å². The van der Waals surface area contributed by atoms with Gasteiger partial charge in [-0.2, -0.15) is 0 Å². The Balaban J connectivity index is 1.99. The zero-order valence-electron chi connectivity index (χ0n) is 11.6. The molecule has 2 aromatic heterocycles. The number of halogens is 1. The van der Waals surface area contributed by atoms with E-state index in [9.17, 15) is 4.79 Å². The van der Waals surface area contributed by atoms with Crippen molar-refractivity contribution in [1.82, 2.24) is 4.98 Å². The van der Waals surface area contributed by atoms with Crippen LogP contribution in [0.2, 0.25) is 0 Å². The van der Waals surface area contributed by atoms with Crippen LogP contribution < -0.4 is 5.32 Å². The average Bonchev–Trinajstić information content (AvgIpc) is 2.78. The van der Waals surface area contributed by atoms with E-state index in [0.29, 0.717) is 4.88 Å². The monoisotopic (exact) mass is 360 g/mol. The number of hydrogen-bond acceptors (Lipinski definition) is 3. The highest BCUT2D eigenvalue weighted by molar-refractivity contribution is 9.11. The number of carbonyl (C=O) groups excluding carboxylic acids is 1. The first kappa shape index (κ1) is 14.2. The summed E-state index contributed by atoms with van der Waals surface area (Å²) < 4.78 is 0.989. The van der Waals surface area contributed by atoms with E-state index in [-0.39, 0.29) is 5.91 Å². The lowest BCUT2D eigenvalue weighted by Crippen LogP contribution is -2.11. The summed E-state index contributed by atoms with van der Waals surface area (Å²) in [5.41, 5.74) is 3.63. The van der Waals surface area contributed by atoms with Crippen molar-refractivity contribution in [3.63, 3.8) is 0 Å². The molecule has 0 radical (unpaired) electrons. The summed E-state index contributed by atoms with van der Waals surface area (Å²) in [6.45, 7) is 3.90. The van der Waals surface area contributed by atoms with E-state index in [0.717, 1.165) is 31.6 Å². The summed E-state index contributed by atoms with van der Waals surface area (Å²) in [6.07, 6.45) is 0. The largest absolute Gasteiger partial charge is 0.321 e. The first-order valence-corrected chi connectivity index (χ1v) is 8.09. The third-order valence-corrected chi connectivity index (χ3v) is 5.31. The number of benzene rings is 1. The third-order valence-electron chi connectivity index (χ3n) is 3.17. The molecule has 0 saturated heterocycles. The molecule has 0 aliphatic carbocycles. The fraction of sp³-hybridized carbons (Fsp3) is 0.125. The highest BCUT2D eigenvalue weighted by Gasteiger charge is 2.13. The molecule has 0 saturated carbocycles. The minimum atomic E-state index is -0.0930. The maximum Gasteiger partial charge on any atom is 0.265 e. The standard InChI is InChI=1S/C16H13BrN2OS/c1-9-7-14(21-15(9)17)16(20)19-13-8-10(2)18-12-6-4-3-5-11(12)13/h3-8H,1-2H3,(H,18,19,20). The normalized spacial score (nSPS) is 10.8. The molecule has 1 aromatic carbocycles. The van der Waals surface area contributed by atoms with Gasteiger partial charge in [0.1, 0.15) is 0 Å². The van der Waals surface area contributed by atoms with Gasteiger partial charge in [-0.25, -0.2) is 0 Å². The summed E-state index contributed by atoms with van der Waals surface area (Å²) in [5.74, 6) is -0.0930. The zero-order chi connectivity index (χ0) is 15.0. The molecule has 0 aliphatic heterocycles. The highest BCUT2D eigenvalue weighted by atomic mass is 79.9. The van der Waals surface area contributed by atoms with Crippen LogP contribution in [0, 0.1) is 13.8 Å². The average molecular weight is 361 g/mol. The topological polar surface area (TPSA) is 42.0 Å². The van der Waals surface area contributed by atoms with Crippen LogP contribution in [-0.4, -0.2) is 10.9 Å². The van der Waals surface area contributed by atoms with Gasteiger partial charge in [-0.05, 0) is 53.5 Å². The minimum Gasteiger partial charge on any atom is -0.321 e. The molecule has 0 fully saturated rings. The summed E-state index contributed by atoms with van der Waals surface area (Å²) in [5, 5.41) is 3.94. The smallest absolute Gasteiger partial charge is 0.265 e. The van der Waals surface area contributed by atoms with Crippen LogP contribution in [0.3, 0.4) is 0 Å². The molecular weight excluding hydrogens is 348 g/mol. The van der Waals surface area contributed by atoms with Crippen molar-refractivity contribution in [2.45, 2.75) is 13.8 Å². The Morgan fingerprint density at radius 3 is 2.71 bits per heavy atom. The molecule has 0 aliphatic rings. The van der Waals surface area contributed by atoms with E-state index in [1.165, 1.54) is 11.3 Å². The molecule has 3 aromatic rings. The molecule has 3 rings (SSSR count). The molecule has 1 amide bonds. The predicted octanol–water partition coefficient (Wildman–Crippen LogP) is 4.93. The van der Waals surface area contributed by atoms with Gasteiger partial charge in [-0.3, -0.25) is 9.78 Å². The number of fused-ring (bicyclic) bond motifs is 1. The maximum atomic E-state index is 12.4. The van der Waals surface area contributed by atoms with Crippen molar-refractivity contribution in [3.05, 3.63) is 56.3 Å². The fourth-order valence-corrected chi connectivity index (χ4v) is 3.60. The number of aromatic nitrogens is 1. The van der Waals surface area contributed by atoms with Crippen molar-refractivity contribution in [3.8, 4) is 0 Å². The van der Waals surface area contributed by atoms with Crippen molar-refractivity contribution in [2.24, 2.45) is 0 Å². The van der Waals surface area contributed by atoms with Crippen LogP contribution in [0.15, 0.2) is 40.2 Å². The minimum absolute atomic E-state index is 0.0930. The van der Waals surface area contributed by atoms with Crippen LogP contribution >= 0.6 is 27.3 Å². The molecule has 1 N–H and O–H groups in total. The number of para-hydroxylation sites is 1. The number of thiophene rings is 1. The van der Waals surface area contributed by atoms with E-state index in [4.69, 9.17) is 0 Å². The van der Waals surface area contributed by atoms with Crippen LogP contribution in [0.5, 0.6) is 0 Å². The van der Waals surface area contributed by atoms with E-state index in [1.807, 2.05) is 50.2 Å². The van der Waals surface area contributed by atoms with Gasteiger partial charge in [0, 0.05) is 11.1 Å². The number of nitrogens with one attached hydrogen (secondary N) is 1. The van der Waals surface area contributed by atoms with Crippen molar-refractivity contribution < 1.29 is 4.79 Å². The summed E-state index contributed by atoms with van der Waals surface area (Å²) in [6, 6.07) is 11.6. The van der Waals surface area contributed by atoms with Crippen LogP contribution in [0.4, 0.5) is 5.69 Å². The zero-order valence-corrected chi connectivity index (χ0v) is 14.0. The lowest BCUT2D eigenvalue weighted by atomic mass is 10.1. The van der Waals surface area contributed by atoms with Gasteiger partial charge in [0.25, 0.3) is 5.91 Å². The molecular formula is C16H13BrN2OS. The molecule has 0 unspecified atom stereocenters. The van der Waals surface area contributed by atoms with Gasteiger partial charge in [0.05, 0.1) is 19.9 Å². The number of amides is 1. The lowest BCUT2D eigenvalue weighted by Gasteiger charge is -2.08. The summed E-state index contributed by atoms with van der Waals surface area (Å²) in [4.78, 5) is 17.6. The number of pyridine rings is 1. The predicted molar refractivity (Wildman–Crippen MR) is 91.2 cm³/mol. The fourth-order valence-electron chi connectivity index (χ4n) is 2.17. The van der Waals surface area contributed by atoms with Crippen molar-refractivity contribution in [1.29, 1.82) is 0 Å². The molecule has 3 nitrogen and oxygen atoms in total. The van der Waals surface area contributed by atoms with Crippen LogP contribution in [0.1, 0.15) is 20.9 Å². The Hall–Kier alpha value is -1.72. The van der Waals surface area contributed by atoms with E-state index in [1.54, 1.807) is 0 Å². The molecule has 0 atom stereocenters. The molecule has 0 spiro atoms. The quantitative estimate of drug-likeness (QED) is 0.703. The first-order chi connectivity index (χ1) is 10.0. The molecule has 2 heterocycles. The Labute approximate surface area is 135 Å². The number of nitrogens with zero attached hydrogens (tertiary/aromatic N) is 1. The molecule has 5 heteroatoms. The summed E-state index contributed by atoms with van der Waals surface area (Å²) in [7, 11) is 0. The van der Waals surface area contributed by atoms with Gasteiger partial charge in [-0.1, -0.05) is 18.2 Å². The molecule has 0 bridgehead atoms. The van der Waals surface area contributed by atoms with Gasteiger partial charge >= 0.3 is 0 Å². The lowest BCUT2D eigenvalue weighted by molar-refractivity contribution is 0.103. The summed E-state index contributed by atoms with van der Waals surface area (Å²) >= 11 is 4.89. The van der Waals surface area contributed by atoms with Gasteiger partial charge < -0.3 is 5.32 Å². The molecule has 106 valence electrons. The number of carbonyl (C=O) groups is 1. The van der Waals surface area contributed by atoms with Gasteiger partial charge in [-0.15, -0.1) is 11.3 Å². The number of anilines is 1. The molecule has 21 heavy (non-hydrogen) atoms. The van der Waals surface area contributed by atoms with E-state index < -0.39 is 0 Å². The SMILES string of the molecule is Cc1cc(NC(=O)c2cc(C)c(Br)s2)c2ccccc2n1. The number of hydrogen-bond donors (Lipinski definition) is 1. The Morgan fingerprint density at radius 2 is 2.00 bits per heavy atom. The van der Waals surface area contributed by atoms with Crippen molar-refractivity contribution in [2.75, 3.05) is 5.32 Å². The Kier molecular flexibility index (Phi) is 3.78. The second-order valence-electron chi connectivity index (χ2n) is 4.85. The van der Waals surface area contributed by atoms with Crippen molar-refractivity contribution >= 4 is 49.8 Å². The third kappa shape index (κ3) is 2.84. The van der Waals surface area contributed by atoms with Gasteiger partial charge in [0.15, 0.2) is 0 Å². The maximum absolute atomic E-state index is 12.4. The second kappa shape index (κ2) is 5.58. The highest BCUT2D eigenvalue weighted by Crippen LogP contribution is 2.29. The first-order valence-electron chi connectivity index (χ1n) is 6.48. The number of aryl methyl sites for hydroxylation is 2.